The molecule has 0 radical (unpaired) electrons. The van der Waals surface area contributed by atoms with E-state index in [4.69, 9.17) is 9.05 Å². The lowest BCUT2D eigenvalue weighted by Crippen LogP contribution is -2.48. The van der Waals surface area contributed by atoms with Crippen LogP contribution in [-0.2, 0) is 27.3 Å². The highest BCUT2D eigenvalue weighted by molar-refractivity contribution is 7.47. The van der Waals surface area contributed by atoms with Crippen molar-refractivity contribution in [1.82, 2.24) is 0 Å². The van der Waals surface area contributed by atoms with Gasteiger partial charge in [0.05, 0.1) is 0 Å². The molecule has 2 unspecified atom stereocenters. The molecule has 2 atom stereocenters. The van der Waals surface area contributed by atoms with Crippen molar-refractivity contribution < 1.29 is 27.3 Å². The molecule has 6 nitrogen and oxygen atoms in total. The molecule has 0 aliphatic carbocycles. The molecule has 15 heavy (non-hydrogen) atoms. The number of rotatable bonds is 0. The minimum absolute atomic E-state index is 0.440. The van der Waals surface area contributed by atoms with Gasteiger partial charge in [-0.2, -0.15) is 0 Å². The molecule has 1 heterocycles. The van der Waals surface area contributed by atoms with Crippen LogP contribution in [0.5, 0.6) is 0 Å². The van der Waals surface area contributed by atoms with Gasteiger partial charge in [0, 0.05) is 9.13 Å². The fraction of sp³-hybridized carbons (Fsp3) is 0.857. The second-order valence-corrected chi connectivity index (χ2v) is 5.97. The Morgan fingerprint density at radius 1 is 0.933 bits per heavy atom. The Kier molecular flexibility index (Phi) is 3.39. The Balaban J connectivity index is 3.06. The zero-order chi connectivity index (χ0) is 11.9. The molecule has 0 N–H and O–H groups in total. The second kappa shape index (κ2) is 3.96. The maximum absolute atomic E-state index is 11.9. The molecule has 1 rings (SSSR count). The maximum Gasteiger partial charge on any atom is 0.748 e. The number of carbonyl (C=O) groups is 1. The van der Waals surface area contributed by atoms with Gasteiger partial charge in [-0.3, -0.25) is 4.79 Å². The van der Waals surface area contributed by atoms with Crippen molar-refractivity contribution in [1.29, 1.82) is 0 Å². The maximum atomic E-state index is 11.9. The van der Waals surface area contributed by atoms with Crippen molar-refractivity contribution in [3.05, 3.63) is 0 Å². The summed E-state index contributed by atoms with van der Waals surface area (Å²) >= 11 is 0. The number of hydrogen-bond acceptors (Lipinski definition) is 6. The van der Waals surface area contributed by atoms with Crippen molar-refractivity contribution in [3.63, 3.8) is 0 Å². The first-order chi connectivity index (χ1) is 6.65. The molecular weight excluding hydrogens is 242 g/mol. The lowest BCUT2D eigenvalue weighted by Gasteiger charge is -2.24. The SMILES string of the molecule is CC1(C)O[P+](=O)O[P+](=O)OC(C)(C)C1=O. The molecule has 1 aliphatic rings. The summed E-state index contributed by atoms with van der Waals surface area (Å²) in [7, 11) is -5.22. The highest BCUT2D eigenvalue weighted by Crippen LogP contribution is 2.48. The lowest BCUT2D eigenvalue weighted by molar-refractivity contribution is -0.147. The minimum Gasteiger partial charge on any atom is -0.293 e. The van der Waals surface area contributed by atoms with Crippen LogP contribution in [0.1, 0.15) is 27.7 Å². The van der Waals surface area contributed by atoms with Crippen molar-refractivity contribution in [2.45, 2.75) is 38.9 Å². The normalized spacial score (nSPS) is 30.8. The van der Waals surface area contributed by atoms with Crippen molar-refractivity contribution in [3.8, 4) is 0 Å². The molecule has 0 bridgehead atoms. The predicted molar refractivity (Wildman–Crippen MR) is 51.6 cm³/mol. The van der Waals surface area contributed by atoms with Crippen LogP contribution in [0.15, 0.2) is 0 Å². The Morgan fingerprint density at radius 2 is 1.27 bits per heavy atom. The van der Waals surface area contributed by atoms with Crippen LogP contribution < -0.4 is 0 Å². The van der Waals surface area contributed by atoms with Crippen LogP contribution in [0.4, 0.5) is 0 Å². The largest absolute Gasteiger partial charge is 0.748 e. The third-order valence-corrected chi connectivity index (χ3v) is 4.11. The van der Waals surface area contributed by atoms with Crippen LogP contribution >= 0.6 is 16.5 Å². The van der Waals surface area contributed by atoms with E-state index >= 15 is 0 Å². The van der Waals surface area contributed by atoms with E-state index in [1.54, 1.807) is 0 Å². The topological polar surface area (TPSA) is 78.9 Å². The summed E-state index contributed by atoms with van der Waals surface area (Å²) in [6.45, 7) is 5.82. The van der Waals surface area contributed by atoms with E-state index in [1.807, 2.05) is 0 Å². The Morgan fingerprint density at radius 3 is 1.60 bits per heavy atom. The van der Waals surface area contributed by atoms with Crippen LogP contribution in [0.3, 0.4) is 0 Å². The zero-order valence-corrected chi connectivity index (χ0v) is 10.6. The highest BCUT2D eigenvalue weighted by atomic mass is 31.2. The van der Waals surface area contributed by atoms with Crippen molar-refractivity contribution in [2.24, 2.45) is 0 Å². The average Bonchev–Trinajstić information content (AvgIpc) is 1.98. The number of carbonyl (C=O) groups excluding carboxylic acids is 1. The smallest absolute Gasteiger partial charge is 0.293 e. The summed E-state index contributed by atoms with van der Waals surface area (Å²) in [5.41, 5.74) is -2.60. The fourth-order valence-corrected chi connectivity index (χ4v) is 2.88. The lowest BCUT2D eigenvalue weighted by atomic mass is 9.91. The van der Waals surface area contributed by atoms with E-state index in [9.17, 15) is 13.9 Å². The summed E-state index contributed by atoms with van der Waals surface area (Å²) < 4.78 is 36.4. The Hall–Kier alpha value is -0.250. The zero-order valence-electron chi connectivity index (χ0n) is 8.84. The second-order valence-electron chi connectivity index (χ2n) is 4.06. The fourth-order valence-electron chi connectivity index (χ4n) is 1.27. The van der Waals surface area contributed by atoms with Gasteiger partial charge in [0.1, 0.15) is 0 Å². The van der Waals surface area contributed by atoms with Gasteiger partial charge < -0.3 is 0 Å². The monoisotopic (exact) mass is 254 g/mol. The summed E-state index contributed by atoms with van der Waals surface area (Å²) in [4.78, 5) is 11.9. The molecule has 0 aromatic heterocycles. The van der Waals surface area contributed by atoms with Crippen LogP contribution in [0.25, 0.3) is 0 Å². The molecule has 1 saturated heterocycles. The van der Waals surface area contributed by atoms with Crippen molar-refractivity contribution >= 4 is 22.3 Å². The van der Waals surface area contributed by atoms with E-state index in [0.29, 0.717) is 0 Å². The Labute approximate surface area is 89.2 Å². The summed E-state index contributed by atoms with van der Waals surface area (Å²) in [6, 6.07) is 0. The van der Waals surface area contributed by atoms with E-state index in [2.05, 4.69) is 4.31 Å². The molecule has 0 aromatic rings. The van der Waals surface area contributed by atoms with E-state index in [1.165, 1.54) is 27.7 Å². The van der Waals surface area contributed by atoms with Gasteiger partial charge in [-0.1, -0.05) is 0 Å². The predicted octanol–water partition coefficient (Wildman–Crippen LogP) is 2.49. The first-order valence-electron chi connectivity index (χ1n) is 4.21. The molecule has 84 valence electrons. The Bertz CT molecular complexity index is 304. The van der Waals surface area contributed by atoms with Crippen molar-refractivity contribution in [2.75, 3.05) is 0 Å². The first-order valence-corrected chi connectivity index (χ1v) is 6.40. The summed E-state index contributed by atoms with van der Waals surface area (Å²) in [5.74, 6) is -0.440. The number of ketones is 1. The van der Waals surface area contributed by atoms with Crippen LogP contribution in [0, 0.1) is 0 Å². The molecule has 0 amide bonds. The summed E-state index contributed by atoms with van der Waals surface area (Å²) in [6.07, 6.45) is 0. The van der Waals surface area contributed by atoms with E-state index < -0.39 is 33.5 Å². The standard InChI is InChI=1S/C7H12O6P2/c1-6(2)5(8)7(3,4)12-15(10)13-14(9)11-6/h1-4H3/q+2. The first kappa shape index (κ1) is 12.8. The molecule has 0 aromatic carbocycles. The molecule has 0 spiro atoms. The van der Waals surface area contributed by atoms with E-state index in [0.717, 1.165) is 0 Å². The van der Waals surface area contributed by atoms with Gasteiger partial charge in [-0.15, -0.1) is 9.05 Å². The van der Waals surface area contributed by atoms with Gasteiger partial charge in [0.2, 0.25) is 5.78 Å². The molecule has 0 saturated carbocycles. The van der Waals surface area contributed by atoms with Crippen LogP contribution in [-0.4, -0.2) is 17.0 Å². The quantitative estimate of drug-likeness (QED) is 0.618. The van der Waals surface area contributed by atoms with Gasteiger partial charge in [0.15, 0.2) is 15.5 Å². The average molecular weight is 254 g/mol. The third-order valence-electron chi connectivity index (χ3n) is 1.83. The van der Waals surface area contributed by atoms with Gasteiger partial charge >= 0.3 is 16.5 Å². The molecule has 1 fully saturated rings. The minimum atomic E-state index is -2.61. The van der Waals surface area contributed by atoms with Gasteiger partial charge in [-0.25, -0.2) is 0 Å². The van der Waals surface area contributed by atoms with Gasteiger partial charge in [0.25, 0.3) is 0 Å². The van der Waals surface area contributed by atoms with E-state index in [-0.39, 0.29) is 0 Å². The molecule has 8 heteroatoms. The number of Topliss-reactive ketones (excluding diaryl/α,β-unsaturated/α-hetero) is 1. The van der Waals surface area contributed by atoms with Gasteiger partial charge in [-0.05, 0) is 27.7 Å². The highest BCUT2D eigenvalue weighted by Gasteiger charge is 2.58. The molecular formula is C7H12O6P2+2. The third kappa shape index (κ3) is 2.86. The number of hydrogen-bond donors (Lipinski definition) is 0. The summed E-state index contributed by atoms with van der Waals surface area (Å²) in [5, 5.41) is 0. The van der Waals surface area contributed by atoms with Crippen LogP contribution in [0.2, 0.25) is 0 Å². The molecule has 1 aliphatic heterocycles.